The van der Waals surface area contributed by atoms with E-state index in [0.29, 0.717) is 41.2 Å². The fourth-order valence-corrected chi connectivity index (χ4v) is 5.88. The molecule has 5 rings (SSSR count). The molecule has 1 fully saturated rings. The third-order valence-corrected chi connectivity index (χ3v) is 7.77. The Bertz CT molecular complexity index is 1320. The van der Waals surface area contributed by atoms with Gasteiger partial charge in [-0.25, -0.2) is 4.68 Å². The zero-order chi connectivity index (χ0) is 26.8. The topological polar surface area (TPSA) is 102 Å². The number of ether oxygens (including phenoxy) is 1. The van der Waals surface area contributed by atoms with Crippen molar-refractivity contribution in [2.75, 3.05) is 18.4 Å². The van der Waals surface area contributed by atoms with Crippen LogP contribution in [0.15, 0.2) is 67.3 Å². The van der Waals surface area contributed by atoms with E-state index in [4.69, 9.17) is 15.6 Å². The van der Waals surface area contributed by atoms with Gasteiger partial charge in [0.05, 0.1) is 6.04 Å². The second kappa shape index (κ2) is 10.7. The molecule has 3 heterocycles. The van der Waals surface area contributed by atoms with Crippen molar-refractivity contribution in [2.45, 2.75) is 45.2 Å². The maximum absolute atomic E-state index is 12.7. The third-order valence-electron chi connectivity index (χ3n) is 7.77. The van der Waals surface area contributed by atoms with E-state index in [1.807, 2.05) is 64.2 Å². The van der Waals surface area contributed by atoms with Crippen LogP contribution < -0.4 is 15.8 Å². The van der Waals surface area contributed by atoms with Crippen molar-refractivity contribution < 1.29 is 14.3 Å². The number of nitrogens with two attached hydrogens (primary N) is 1. The number of rotatable bonds is 7. The number of primary amides is 1. The van der Waals surface area contributed by atoms with E-state index in [-0.39, 0.29) is 18.0 Å². The van der Waals surface area contributed by atoms with E-state index in [1.54, 1.807) is 0 Å². The van der Waals surface area contributed by atoms with E-state index in [9.17, 15) is 9.59 Å². The van der Waals surface area contributed by atoms with Gasteiger partial charge in [-0.05, 0) is 73.6 Å². The fourth-order valence-electron chi connectivity index (χ4n) is 5.88. The van der Waals surface area contributed by atoms with Crippen LogP contribution in [0.5, 0.6) is 11.5 Å². The molecular formula is C30H35N5O3. The number of nitrogens with zero attached hydrogens (tertiary/aromatic N) is 3. The van der Waals surface area contributed by atoms with Crippen molar-refractivity contribution in [2.24, 2.45) is 17.6 Å². The van der Waals surface area contributed by atoms with Crippen LogP contribution in [0.4, 0.5) is 5.82 Å². The van der Waals surface area contributed by atoms with Crippen LogP contribution in [0.3, 0.4) is 0 Å². The van der Waals surface area contributed by atoms with Gasteiger partial charge in [0.2, 0.25) is 5.91 Å². The average Bonchev–Trinajstić information content (AvgIpc) is 3.33. The largest absolute Gasteiger partial charge is 0.457 e. The number of amides is 2. The first-order valence-corrected chi connectivity index (χ1v) is 13.3. The Morgan fingerprint density at radius 3 is 2.47 bits per heavy atom. The van der Waals surface area contributed by atoms with Gasteiger partial charge in [-0.15, -0.1) is 0 Å². The van der Waals surface area contributed by atoms with Crippen LogP contribution in [-0.4, -0.2) is 45.6 Å². The lowest BCUT2D eigenvalue weighted by molar-refractivity contribution is -0.132. The van der Waals surface area contributed by atoms with Gasteiger partial charge in [0.25, 0.3) is 5.91 Å². The summed E-state index contributed by atoms with van der Waals surface area (Å²) in [5, 5.41) is 8.35. The van der Waals surface area contributed by atoms with Crippen LogP contribution in [0.25, 0.3) is 11.3 Å². The smallest absolute Gasteiger partial charge is 0.254 e. The van der Waals surface area contributed by atoms with Crippen LogP contribution in [0.2, 0.25) is 0 Å². The molecule has 3 unspecified atom stereocenters. The number of carbonyl (C=O) groups is 2. The average molecular weight is 514 g/mol. The molecule has 1 saturated heterocycles. The summed E-state index contributed by atoms with van der Waals surface area (Å²) in [6.07, 6.45) is 4.06. The maximum Gasteiger partial charge on any atom is 0.254 e. The number of hydrogen-bond donors (Lipinski definition) is 2. The number of benzene rings is 2. The zero-order valence-electron chi connectivity index (χ0n) is 22.0. The highest BCUT2D eigenvalue weighted by Crippen LogP contribution is 2.42. The van der Waals surface area contributed by atoms with Crippen molar-refractivity contribution in [1.82, 2.24) is 14.7 Å². The SMILES string of the molecule is C=CC(=O)N1CCC(C2CCNc3c(C(N)=O)c(-c4ccc(Oc5ccccc5)cc4)nn32)CC1C(C)C. The van der Waals surface area contributed by atoms with Crippen molar-refractivity contribution in [1.29, 1.82) is 0 Å². The summed E-state index contributed by atoms with van der Waals surface area (Å²) < 4.78 is 7.90. The minimum Gasteiger partial charge on any atom is -0.457 e. The highest BCUT2D eigenvalue weighted by Gasteiger charge is 2.39. The molecule has 0 bridgehead atoms. The molecule has 2 aliphatic rings. The minimum absolute atomic E-state index is 0.00905. The molecular weight excluding hydrogens is 478 g/mol. The van der Waals surface area contributed by atoms with Crippen molar-refractivity contribution in [3.8, 4) is 22.8 Å². The highest BCUT2D eigenvalue weighted by atomic mass is 16.5. The monoisotopic (exact) mass is 513 g/mol. The number of hydrogen-bond acceptors (Lipinski definition) is 5. The van der Waals surface area contributed by atoms with E-state index < -0.39 is 5.91 Å². The summed E-state index contributed by atoms with van der Waals surface area (Å²) in [6, 6.07) is 17.4. The first-order valence-electron chi connectivity index (χ1n) is 13.3. The summed E-state index contributed by atoms with van der Waals surface area (Å²) in [7, 11) is 0. The molecule has 3 atom stereocenters. The van der Waals surface area contributed by atoms with Gasteiger partial charge in [-0.3, -0.25) is 9.59 Å². The lowest BCUT2D eigenvalue weighted by atomic mass is 9.80. The Balaban J connectivity index is 1.44. The van der Waals surface area contributed by atoms with Gasteiger partial charge in [0.15, 0.2) is 0 Å². The zero-order valence-corrected chi connectivity index (χ0v) is 22.0. The van der Waals surface area contributed by atoms with Crippen LogP contribution in [-0.2, 0) is 4.79 Å². The molecule has 198 valence electrons. The number of piperidine rings is 1. The summed E-state index contributed by atoms with van der Waals surface area (Å²) in [5.41, 5.74) is 7.67. The quantitative estimate of drug-likeness (QED) is 0.420. The third kappa shape index (κ3) is 4.90. The molecule has 0 spiro atoms. The van der Waals surface area contributed by atoms with Gasteiger partial charge in [-0.2, -0.15) is 5.10 Å². The summed E-state index contributed by atoms with van der Waals surface area (Å²) in [6.45, 7) is 9.43. The minimum atomic E-state index is -0.509. The van der Waals surface area contributed by atoms with Gasteiger partial charge in [0.1, 0.15) is 28.6 Å². The summed E-state index contributed by atoms with van der Waals surface area (Å²) in [5.74, 6) is 2.26. The molecule has 3 aromatic rings. The second-order valence-electron chi connectivity index (χ2n) is 10.4. The van der Waals surface area contributed by atoms with Crippen molar-refractivity contribution in [3.63, 3.8) is 0 Å². The maximum atomic E-state index is 12.7. The van der Waals surface area contributed by atoms with Crippen molar-refractivity contribution >= 4 is 17.6 Å². The molecule has 0 aliphatic carbocycles. The van der Waals surface area contributed by atoms with Gasteiger partial charge in [0, 0.05) is 24.7 Å². The Morgan fingerprint density at radius 1 is 1.11 bits per heavy atom. The fraction of sp³-hybridized carbons (Fsp3) is 0.367. The molecule has 38 heavy (non-hydrogen) atoms. The lowest BCUT2D eigenvalue weighted by Crippen LogP contribution is -2.49. The number of para-hydroxylation sites is 1. The molecule has 2 aromatic carbocycles. The van der Waals surface area contributed by atoms with Gasteiger partial charge in [-0.1, -0.05) is 38.6 Å². The Labute approximate surface area is 223 Å². The number of likely N-dealkylation sites (tertiary alicyclic amines) is 1. The number of nitrogens with one attached hydrogen (secondary N) is 1. The van der Waals surface area contributed by atoms with Gasteiger partial charge < -0.3 is 20.7 Å². The van der Waals surface area contributed by atoms with E-state index in [0.717, 1.165) is 37.1 Å². The molecule has 2 aliphatic heterocycles. The Hall–Kier alpha value is -4.07. The number of fused-ring (bicyclic) bond motifs is 1. The van der Waals surface area contributed by atoms with E-state index >= 15 is 0 Å². The Morgan fingerprint density at radius 2 is 1.82 bits per heavy atom. The van der Waals surface area contributed by atoms with E-state index in [1.165, 1.54) is 6.08 Å². The highest BCUT2D eigenvalue weighted by molar-refractivity contribution is 6.03. The summed E-state index contributed by atoms with van der Waals surface area (Å²) >= 11 is 0. The van der Waals surface area contributed by atoms with Crippen LogP contribution >= 0.6 is 0 Å². The molecule has 1 aromatic heterocycles. The van der Waals surface area contributed by atoms with Crippen LogP contribution in [0, 0.1) is 11.8 Å². The lowest BCUT2D eigenvalue weighted by Gasteiger charge is -2.44. The first kappa shape index (κ1) is 25.6. The normalized spacial score (nSPS) is 20.9. The van der Waals surface area contributed by atoms with Crippen molar-refractivity contribution in [3.05, 3.63) is 72.8 Å². The second-order valence-corrected chi connectivity index (χ2v) is 10.4. The van der Waals surface area contributed by atoms with E-state index in [2.05, 4.69) is 25.7 Å². The molecule has 3 N–H and O–H groups in total. The number of anilines is 1. The van der Waals surface area contributed by atoms with Crippen LogP contribution in [0.1, 0.15) is 49.5 Å². The molecule has 8 nitrogen and oxygen atoms in total. The molecule has 8 heteroatoms. The summed E-state index contributed by atoms with van der Waals surface area (Å²) in [4.78, 5) is 27.1. The Kier molecular flexibility index (Phi) is 7.22. The molecule has 2 amide bonds. The first-order chi connectivity index (χ1) is 18.4. The predicted molar refractivity (Wildman–Crippen MR) is 148 cm³/mol. The molecule has 0 saturated carbocycles. The van der Waals surface area contributed by atoms with Gasteiger partial charge >= 0.3 is 0 Å². The standard InChI is InChI=1S/C30H35N5O3/c1-4-26(36)34-17-15-21(18-25(34)19(2)3)24-14-16-32-30-27(29(31)37)28(33-35(24)30)20-10-12-23(13-11-20)38-22-8-6-5-7-9-22/h4-13,19,21,24-25,32H,1,14-18H2,2-3H3,(H2,31,37). The predicted octanol–water partition coefficient (Wildman–Crippen LogP) is 5.25. The molecule has 0 radical (unpaired) electrons. The number of carbonyl (C=O) groups excluding carboxylic acids is 2. The number of aromatic nitrogens is 2.